The summed E-state index contributed by atoms with van der Waals surface area (Å²) < 4.78 is 7.95. The summed E-state index contributed by atoms with van der Waals surface area (Å²) in [4.78, 5) is 24.2. The summed E-state index contributed by atoms with van der Waals surface area (Å²) in [5.74, 6) is 0.224. The summed E-state index contributed by atoms with van der Waals surface area (Å²) >= 11 is 0. The number of nitrogens with zero attached hydrogens (tertiary/aromatic N) is 4. The molecule has 0 aliphatic carbocycles. The lowest BCUT2D eigenvalue weighted by Crippen LogP contribution is -2.36. The zero-order valence-corrected chi connectivity index (χ0v) is 19.4. The van der Waals surface area contributed by atoms with E-state index in [1.54, 1.807) is 6.20 Å². The minimum Gasteiger partial charge on any atom is -0.381 e. The zero-order valence-electron chi connectivity index (χ0n) is 19.4. The Morgan fingerprint density at radius 2 is 2.12 bits per heavy atom. The lowest BCUT2D eigenvalue weighted by molar-refractivity contribution is 0.0737. The van der Waals surface area contributed by atoms with Gasteiger partial charge in [-0.1, -0.05) is 12.1 Å². The van der Waals surface area contributed by atoms with Crippen LogP contribution in [-0.4, -0.2) is 51.5 Å². The summed E-state index contributed by atoms with van der Waals surface area (Å²) in [6.07, 6.45) is 10.2. The van der Waals surface area contributed by atoms with Gasteiger partial charge in [-0.05, 0) is 54.8 Å². The zero-order chi connectivity index (χ0) is 23.3. The first-order chi connectivity index (χ1) is 16.7. The number of aromatic nitrogens is 3. The lowest BCUT2D eigenvalue weighted by atomic mass is 10.0. The number of carbonyl (C=O) groups is 1. The van der Waals surface area contributed by atoms with Crippen LogP contribution in [0.2, 0.25) is 0 Å². The van der Waals surface area contributed by atoms with Crippen LogP contribution in [0.1, 0.15) is 27.2 Å². The number of fused-ring (bicyclic) bond motifs is 1. The second-order valence-corrected chi connectivity index (χ2v) is 8.82. The van der Waals surface area contributed by atoms with Gasteiger partial charge in [-0.25, -0.2) is 0 Å². The van der Waals surface area contributed by atoms with E-state index in [1.807, 2.05) is 73.0 Å². The molecule has 1 atom stereocenters. The van der Waals surface area contributed by atoms with Gasteiger partial charge in [0.1, 0.15) is 0 Å². The highest BCUT2D eigenvalue weighted by Crippen LogP contribution is 2.22. The van der Waals surface area contributed by atoms with Crippen molar-refractivity contribution in [2.45, 2.75) is 19.9 Å². The number of amides is 1. The first-order valence-electron chi connectivity index (χ1n) is 11.7. The highest BCUT2D eigenvalue weighted by molar-refractivity contribution is 5.95. The van der Waals surface area contributed by atoms with Gasteiger partial charge in [-0.2, -0.15) is 0 Å². The molecular formula is C27H29N5O2. The number of nitrogens with one attached hydrogen (secondary N) is 1. The molecule has 1 aliphatic heterocycles. The molecule has 4 heterocycles. The van der Waals surface area contributed by atoms with E-state index in [1.165, 1.54) is 0 Å². The van der Waals surface area contributed by atoms with Crippen LogP contribution in [0.5, 0.6) is 0 Å². The molecule has 1 fully saturated rings. The first-order valence-corrected chi connectivity index (χ1v) is 11.7. The number of hydrogen-bond donors (Lipinski definition) is 1. The maximum atomic E-state index is 13.5. The molecule has 3 aromatic heterocycles. The maximum absolute atomic E-state index is 13.5. The molecule has 0 radical (unpaired) electrons. The molecule has 1 N–H and O–H groups in total. The summed E-state index contributed by atoms with van der Waals surface area (Å²) in [5.41, 5.74) is 5.98. The number of pyridine rings is 1. The van der Waals surface area contributed by atoms with E-state index >= 15 is 0 Å². The van der Waals surface area contributed by atoms with Crippen LogP contribution in [-0.2, 0) is 17.7 Å². The van der Waals surface area contributed by atoms with E-state index in [2.05, 4.69) is 25.8 Å². The van der Waals surface area contributed by atoms with Crippen molar-refractivity contribution in [1.82, 2.24) is 19.3 Å². The number of ether oxygens (including phenoxy) is 1. The molecule has 7 nitrogen and oxygen atoms in total. The quantitative estimate of drug-likeness (QED) is 0.476. The number of benzene rings is 1. The van der Waals surface area contributed by atoms with Gasteiger partial charge in [0.25, 0.3) is 5.91 Å². The minimum absolute atomic E-state index is 0.0359. The van der Waals surface area contributed by atoms with Gasteiger partial charge in [-0.3, -0.25) is 14.8 Å². The van der Waals surface area contributed by atoms with Crippen molar-refractivity contribution in [3.63, 3.8) is 0 Å². The third kappa shape index (κ3) is 4.94. The van der Waals surface area contributed by atoms with Crippen LogP contribution in [0.25, 0.3) is 5.52 Å². The second-order valence-electron chi connectivity index (χ2n) is 8.82. The van der Waals surface area contributed by atoms with Gasteiger partial charge in [0.2, 0.25) is 0 Å². The fourth-order valence-electron chi connectivity index (χ4n) is 4.48. The van der Waals surface area contributed by atoms with Gasteiger partial charge >= 0.3 is 0 Å². The molecule has 174 valence electrons. The number of carbonyl (C=O) groups excluding carboxylic acids is 1. The predicted octanol–water partition coefficient (Wildman–Crippen LogP) is 3.98. The molecule has 7 heteroatoms. The van der Waals surface area contributed by atoms with Gasteiger partial charge in [0.15, 0.2) is 0 Å². The molecule has 0 saturated carbocycles. The van der Waals surface area contributed by atoms with Crippen molar-refractivity contribution in [2.24, 2.45) is 5.92 Å². The SMILES string of the molecule is Cc1ccc(C(=O)N2CCOCC(Cc3nccn4cccc34)C2)cc1NCc1cccnc1. The highest BCUT2D eigenvalue weighted by atomic mass is 16.5. The third-order valence-electron chi connectivity index (χ3n) is 6.33. The van der Waals surface area contributed by atoms with Gasteiger partial charge in [0, 0.05) is 67.8 Å². The molecule has 1 unspecified atom stereocenters. The van der Waals surface area contributed by atoms with Gasteiger partial charge < -0.3 is 19.4 Å². The average molecular weight is 456 g/mol. The number of anilines is 1. The van der Waals surface area contributed by atoms with Crippen molar-refractivity contribution in [2.75, 3.05) is 31.6 Å². The smallest absolute Gasteiger partial charge is 0.254 e. The molecule has 4 aromatic rings. The Bertz CT molecular complexity index is 1270. The molecule has 0 bridgehead atoms. The number of rotatable bonds is 6. The monoisotopic (exact) mass is 455 g/mol. The topological polar surface area (TPSA) is 71.8 Å². The first kappa shape index (κ1) is 22.1. The standard InChI is InChI=1S/C27H29N5O2/c1-20-6-7-23(15-24(20)30-17-21-4-2-8-28-16-21)27(33)32-12-13-34-19-22(18-32)14-25-26-5-3-10-31(26)11-9-29-25/h2-11,15-16,22,30H,12-14,17-19H2,1H3. The van der Waals surface area contributed by atoms with Crippen molar-refractivity contribution in [3.05, 3.63) is 95.8 Å². The Morgan fingerprint density at radius 3 is 3.00 bits per heavy atom. The molecule has 1 aromatic carbocycles. The van der Waals surface area contributed by atoms with Crippen molar-refractivity contribution in [1.29, 1.82) is 0 Å². The summed E-state index contributed by atoms with van der Waals surface area (Å²) in [7, 11) is 0. The van der Waals surface area contributed by atoms with Gasteiger partial charge in [-0.15, -0.1) is 0 Å². The fraction of sp³-hybridized carbons (Fsp3) is 0.296. The van der Waals surface area contributed by atoms with E-state index in [0.717, 1.165) is 34.4 Å². The van der Waals surface area contributed by atoms with Crippen LogP contribution < -0.4 is 5.32 Å². The molecule has 5 rings (SSSR count). The third-order valence-corrected chi connectivity index (χ3v) is 6.33. The van der Waals surface area contributed by atoms with Crippen LogP contribution in [0, 0.1) is 12.8 Å². The van der Waals surface area contributed by atoms with Crippen LogP contribution >= 0.6 is 0 Å². The Balaban J connectivity index is 1.29. The molecule has 1 saturated heterocycles. The van der Waals surface area contributed by atoms with E-state index in [0.29, 0.717) is 38.4 Å². The Labute approximate surface area is 199 Å². The molecule has 34 heavy (non-hydrogen) atoms. The summed E-state index contributed by atoms with van der Waals surface area (Å²) in [5, 5.41) is 3.45. The van der Waals surface area contributed by atoms with Crippen LogP contribution in [0.15, 0.2) is 73.4 Å². The van der Waals surface area contributed by atoms with Crippen molar-refractivity contribution in [3.8, 4) is 0 Å². The minimum atomic E-state index is 0.0359. The molecule has 0 spiro atoms. The molecule has 1 amide bonds. The molecule has 1 aliphatic rings. The highest BCUT2D eigenvalue weighted by Gasteiger charge is 2.25. The second kappa shape index (κ2) is 10.1. The Kier molecular flexibility index (Phi) is 6.53. The largest absolute Gasteiger partial charge is 0.381 e. The van der Waals surface area contributed by atoms with Gasteiger partial charge in [0.05, 0.1) is 24.4 Å². The lowest BCUT2D eigenvalue weighted by Gasteiger charge is -2.24. The average Bonchev–Trinajstić information content (AvgIpc) is 3.24. The van der Waals surface area contributed by atoms with E-state index in [4.69, 9.17) is 4.74 Å². The Hall–Kier alpha value is -3.71. The number of aryl methyl sites for hydroxylation is 1. The van der Waals surface area contributed by atoms with Crippen LogP contribution in [0.3, 0.4) is 0 Å². The maximum Gasteiger partial charge on any atom is 0.254 e. The van der Waals surface area contributed by atoms with E-state index in [-0.39, 0.29) is 11.8 Å². The normalized spacial score (nSPS) is 16.4. The predicted molar refractivity (Wildman–Crippen MR) is 132 cm³/mol. The van der Waals surface area contributed by atoms with E-state index in [9.17, 15) is 4.79 Å². The number of hydrogen-bond acceptors (Lipinski definition) is 5. The fourth-order valence-corrected chi connectivity index (χ4v) is 4.48. The summed E-state index contributed by atoms with van der Waals surface area (Å²) in [6, 6.07) is 13.9. The molecular weight excluding hydrogens is 426 g/mol. The van der Waals surface area contributed by atoms with Crippen molar-refractivity contribution < 1.29 is 9.53 Å². The summed E-state index contributed by atoms with van der Waals surface area (Å²) in [6.45, 7) is 5.11. The van der Waals surface area contributed by atoms with Crippen molar-refractivity contribution >= 4 is 17.1 Å². The van der Waals surface area contributed by atoms with Crippen LogP contribution in [0.4, 0.5) is 5.69 Å². The Morgan fingerprint density at radius 1 is 1.18 bits per heavy atom. The van der Waals surface area contributed by atoms with E-state index < -0.39 is 0 Å².